The summed E-state index contributed by atoms with van der Waals surface area (Å²) in [6, 6.07) is 14.4. The first kappa shape index (κ1) is 16.0. The van der Waals surface area contributed by atoms with Gasteiger partial charge in [0.25, 0.3) is 0 Å². The highest BCUT2D eigenvalue weighted by Gasteiger charge is 2.25. The number of carbonyl (C=O) groups is 1. The molecular formula is C20H22N4O. The maximum absolute atomic E-state index is 12.0. The lowest BCUT2D eigenvalue weighted by Crippen LogP contribution is -2.22. The summed E-state index contributed by atoms with van der Waals surface area (Å²) in [4.78, 5) is 23.4. The number of aromatic nitrogens is 3. The zero-order valence-corrected chi connectivity index (χ0v) is 14.4. The number of carbonyl (C=O) groups excluding carboxylic acids is 1. The standard InChI is InChI=1S/C20H22N4O/c1-15(25)19-22-18-8-5-10-21-20(18)24(19)14-17-9-11-23(13-17)12-16-6-3-2-4-7-16/h2-8,10,17H,9,11-14H2,1H3. The largest absolute Gasteiger partial charge is 0.306 e. The van der Waals surface area contributed by atoms with Crippen LogP contribution >= 0.6 is 0 Å². The normalized spacial score (nSPS) is 18.0. The molecule has 25 heavy (non-hydrogen) atoms. The molecule has 1 saturated heterocycles. The molecule has 128 valence electrons. The minimum atomic E-state index is -0.00265. The van der Waals surface area contributed by atoms with Crippen molar-refractivity contribution in [1.82, 2.24) is 19.4 Å². The number of pyridine rings is 1. The predicted octanol–water partition coefficient (Wildman–Crippen LogP) is 3.16. The van der Waals surface area contributed by atoms with Crippen LogP contribution in [0, 0.1) is 5.92 Å². The number of nitrogens with zero attached hydrogens (tertiary/aromatic N) is 4. The molecule has 1 aromatic carbocycles. The van der Waals surface area contributed by atoms with Crippen molar-refractivity contribution < 1.29 is 4.79 Å². The van der Waals surface area contributed by atoms with E-state index >= 15 is 0 Å². The van der Waals surface area contributed by atoms with E-state index in [2.05, 4.69) is 45.2 Å². The number of Topliss-reactive ketones (excluding diaryl/α,β-unsaturated/α-hetero) is 1. The summed E-state index contributed by atoms with van der Waals surface area (Å²) in [5, 5.41) is 0. The van der Waals surface area contributed by atoms with Crippen molar-refractivity contribution in [2.75, 3.05) is 13.1 Å². The number of fused-ring (bicyclic) bond motifs is 1. The maximum atomic E-state index is 12.0. The van der Waals surface area contributed by atoms with E-state index in [4.69, 9.17) is 0 Å². The molecule has 5 heteroatoms. The van der Waals surface area contributed by atoms with Gasteiger partial charge in [0.2, 0.25) is 0 Å². The van der Waals surface area contributed by atoms with Gasteiger partial charge in [0.05, 0.1) is 0 Å². The van der Waals surface area contributed by atoms with Crippen LogP contribution in [0.2, 0.25) is 0 Å². The molecule has 0 radical (unpaired) electrons. The van der Waals surface area contributed by atoms with Crippen LogP contribution in [0.1, 0.15) is 29.5 Å². The molecule has 4 rings (SSSR count). The van der Waals surface area contributed by atoms with E-state index in [0.29, 0.717) is 11.7 Å². The summed E-state index contributed by atoms with van der Waals surface area (Å²) in [5.41, 5.74) is 2.96. The van der Waals surface area contributed by atoms with Crippen molar-refractivity contribution in [3.8, 4) is 0 Å². The van der Waals surface area contributed by atoms with E-state index in [-0.39, 0.29) is 5.78 Å². The van der Waals surface area contributed by atoms with E-state index in [9.17, 15) is 4.79 Å². The minimum Gasteiger partial charge on any atom is -0.306 e. The third-order valence-corrected chi connectivity index (χ3v) is 4.88. The first-order chi connectivity index (χ1) is 12.2. The molecule has 0 saturated carbocycles. The minimum absolute atomic E-state index is 0.00265. The van der Waals surface area contributed by atoms with Crippen molar-refractivity contribution in [2.24, 2.45) is 5.92 Å². The summed E-state index contributed by atoms with van der Waals surface area (Å²) in [6.07, 6.45) is 2.90. The van der Waals surface area contributed by atoms with Gasteiger partial charge < -0.3 is 4.57 Å². The Morgan fingerprint density at radius 2 is 2.04 bits per heavy atom. The van der Waals surface area contributed by atoms with Crippen molar-refractivity contribution >= 4 is 16.9 Å². The van der Waals surface area contributed by atoms with Gasteiger partial charge in [-0.15, -0.1) is 0 Å². The lowest BCUT2D eigenvalue weighted by Gasteiger charge is -2.17. The Morgan fingerprint density at radius 1 is 1.20 bits per heavy atom. The Hall–Kier alpha value is -2.53. The lowest BCUT2D eigenvalue weighted by molar-refractivity contribution is 0.0999. The van der Waals surface area contributed by atoms with E-state index in [0.717, 1.165) is 43.8 Å². The van der Waals surface area contributed by atoms with Gasteiger partial charge in [-0.1, -0.05) is 30.3 Å². The lowest BCUT2D eigenvalue weighted by atomic mass is 10.1. The highest BCUT2D eigenvalue weighted by atomic mass is 16.1. The molecule has 1 atom stereocenters. The Morgan fingerprint density at radius 3 is 2.84 bits per heavy atom. The Labute approximate surface area is 147 Å². The zero-order valence-electron chi connectivity index (χ0n) is 14.4. The number of ketones is 1. The molecule has 1 aliphatic rings. The van der Waals surface area contributed by atoms with Crippen LogP contribution in [0.4, 0.5) is 0 Å². The van der Waals surface area contributed by atoms with Crippen molar-refractivity contribution in [1.29, 1.82) is 0 Å². The Kier molecular flexibility index (Phi) is 4.32. The molecule has 3 aromatic rings. The van der Waals surface area contributed by atoms with Crippen molar-refractivity contribution in [3.05, 3.63) is 60.0 Å². The maximum Gasteiger partial charge on any atom is 0.195 e. The van der Waals surface area contributed by atoms with Crippen molar-refractivity contribution in [3.63, 3.8) is 0 Å². The quantitative estimate of drug-likeness (QED) is 0.673. The first-order valence-corrected chi connectivity index (χ1v) is 8.79. The zero-order chi connectivity index (χ0) is 17.2. The van der Waals surface area contributed by atoms with Crippen LogP contribution in [0.25, 0.3) is 11.2 Å². The number of imidazole rings is 1. The smallest absolute Gasteiger partial charge is 0.195 e. The second-order valence-corrected chi connectivity index (χ2v) is 6.82. The van der Waals surface area contributed by atoms with E-state index < -0.39 is 0 Å². The summed E-state index contributed by atoms with van der Waals surface area (Å²) in [6.45, 7) is 5.50. The summed E-state index contributed by atoms with van der Waals surface area (Å²) in [5.74, 6) is 1.04. The van der Waals surface area contributed by atoms with Crippen LogP contribution in [0.15, 0.2) is 48.7 Å². The van der Waals surface area contributed by atoms with Crippen LogP contribution < -0.4 is 0 Å². The summed E-state index contributed by atoms with van der Waals surface area (Å²) in [7, 11) is 0. The monoisotopic (exact) mass is 334 g/mol. The average Bonchev–Trinajstić information content (AvgIpc) is 3.21. The third kappa shape index (κ3) is 3.33. The summed E-state index contributed by atoms with van der Waals surface area (Å²) < 4.78 is 2.01. The highest BCUT2D eigenvalue weighted by molar-refractivity contribution is 5.94. The average molecular weight is 334 g/mol. The Bertz CT molecular complexity index is 887. The fraction of sp³-hybridized carbons (Fsp3) is 0.350. The fourth-order valence-electron chi connectivity index (χ4n) is 3.71. The molecule has 5 nitrogen and oxygen atoms in total. The molecule has 1 unspecified atom stereocenters. The first-order valence-electron chi connectivity index (χ1n) is 8.79. The summed E-state index contributed by atoms with van der Waals surface area (Å²) >= 11 is 0. The van der Waals surface area contributed by atoms with Crippen LogP contribution in [-0.4, -0.2) is 38.3 Å². The van der Waals surface area contributed by atoms with E-state index in [1.54, 1.807) is 13.1 Å². The van der Waals surface area contributed by atoms with Gasteiger partial charge in [0.1, 0.15) is 5.52 Å². The van der Waals surface area contributed by atoms with Gasteiger partial charge in [0, 0.05) is 32.8 Å². The molecule has 0 N–H and O–H groups in total. The van der Waals surface area contributed by atoms with Crippen molar-refractivity contribution in [2.45, 2.75) is 26.4 Å². The number of benzene rings is 1. The van der Waals surface area contributed by atoms with Gasteiger partial charge in [-0.25, -0.2) is 9.97 Å². The molecule has 1 aliphatic heterocycles. The second kappa shape index (κ2) is 6.76. The van der Waals surface area contributed by atoms with E-state index in [1.165, 1.54) is 5.56 Å². The second-order valence-electron chi connectivity index (χ2n) is 6.82. The molecule has 2 aromatic heterocycles. The number of likely N-dealkylation sites (tertiary alicyclic amines) is 1. The molecule has 0 bridgehead atoms. The van der Waals surface area contributed by atoms with Gasteiger partial charge in [0.15, 0.2) is 17.3 Å². The fourth-order valence-corrected chi connectivity index (χ4v) is 3.71. The predicted molar refractivity (Wildman–Crippen MR) is 97.4 cm³/mol. The number of hydrogen-bond acceptors (Lipinski definition) is 4. The molecule has 0 aliphatic carbocycles. The van der Waals surface area contributed by atoms with Gasteiger partial charge >= 0.3 is 0 Å². The topological polar surface area (TPSA) is 51.0 Å². The SMILES string of the molecule is CC(=O)c1nc2cccnc2n1CC1CCN(Cc2ccccc2)C1. The Balaban J connectivity index is 1.50. The number of rotatable bonds is 5. The highest BCUT2D eigenvalue weighted by Crippen LogP contribution is 2.23. The number of hydrogen-bond donors (Lipinski definition) is 0. The van der Waals surface area contributed by atoms with Gasteiger partial charge in [-0.2, -0.15) is 0 Å². The molecule has 1 fully saturated rings. The van der Waals surface area contributed by atoms with Gasteiger partial charge in [-0.05, 0) is 36.6 Å². The van der Waals surface area contributed by atoms with E-state index in [1.807, 2.05) is 16.7 Å². The molecule has 0 spiro atoms. The van der Waals surface area contributed by atoms with Crippen LogP contribution in [-0.2, 0) is 13.1 Å². The molecule has 0 amide bonds. The van der Waals surface area contributed by atoms with Crippen LogP contribution in [0.3, 0.4) is 0 Å². The van der Waals surface area contributed by atoms with Crippen LogP contribution in [0.5, 0.6) is 0 Å². The molecular weight excluding hydrogens is 312 g/mol. The molecule has 3 heterocycles. The van der Waals surface area contributed by atoms with Gasteiger partial charge in [-0.3, -0.25) is 9.69 Å². The third-order valence-electron chi connectivity index (χ3n) is 4.88.